The number of amides is 1. The molecule has 4 heterocycles. The van der Waals surface area contributed by atoms with Gasteiger partial charge in [-0.25, -0.2) is 4.98 Å². The summed E-state index contributed by atoms with van der Waals surface area (Å²) in [4.78, 5) is 23.2. The Bertz CT molecular complexity index is 912. The second-order valence-electron chi connectivity index (χ2n) is 7.15. The molecule has 7 nitrogen and oxygen atoms in total. The summed E-state index contributed by atoms with van der Waals surface area (Å²) in [6.45, 7) is 5.78. The van der Waals surface area contributed by atoms with E-state index in [0.717, 1.165) is 54.3 Å². The minimum Gasteiger partial charge on any atom is -0.361 e. The number of carbonyl (C=O) groups excluding carboxylic acids is 1. The maximum atomic E-state index is 12.4. The van der Waals surface area contributed by atoms with Gasteiger partial charge in [0.15, 0.2) is 0 Å². The van der Waals surface area contributed by atoms with Gasteiger partial charge in [0.25, 0.3) is 0 Å². The van der Waals surface area contributed by atoms with Crippen molar-refractivity contribution >= 4 is 5.91 Å². The van der Waals surface area contributed by atoms with Crippen LogP contribution >= 0.6 is 0 Å². The zero-order valence-electron chi connectivity index (χ0n) is 15.6. The van der Waals surface area contributed by atoms with Gasteiger partial charge in [0.05, 0.1) is 23.3 Å². The Balaban J connectivity index is 1.40. The molecule has 3 aromatic rings. The van der Waals surface area contributed by atoms with Gasteiger partial charge in [-0.1, -0.05) is 11.2 Å². The fourth-order valence-electron chi connectivity index (χ4n) is 3.74. The van der Waals surface area contributed by atoms with Crippen LogP contribution in [0.1, 0.15) is 23.6 Å². The number of aromatic nitrogens is 4. The lowest BCUT2D eigenvalue weighted by atomic mass is 10.0. The highest BCUT2D eigenvalue weighted by atomic mass is 16.5. The summed E-state index contributed by atoms with van der Waals surface area (Å²) in [5.41, 5.74) is 3.77. The average molecular weight is 365 g/mol. The fourth-order valence-corrected chi connectivity index (χ4v) is 3.74. The second-order valence-corrected chi connectivity index (χ2v) is 7.15. The summed E-state index contributed by atoms with van der Waals surface area (Å²) in [5.74, 6) is 1.37. The van der Waals surface area contributed by atoms with Gasteiger partial charge in [-0.05, 0) is 44.7 Å². The molecule has 0 aliphatic carbocycles. The molecule has 0 saturated carbocycles. The highest BCUT2D eigenvalue weighted by molar-refractivity contribution is 5.76. The molecule has 7 heteroatoms. The Morgan fingerprint density at radius 2 is 2.22 bits per heavy atom. The van der Waals surface area contributed by atoms with E-state index in [-0.39, 0.29) is 5.91 Å². The molecule has 1 saturated heterocycles. The summed E-state index contributed by atoms with van der Waals surface area (Å²) in [6.07, 6.45) is 7.06. The second kappa shape index (κ2) is 7.34. The maximum absolute atomic E-state index is 12.4. The Labute approximate surface area is 158 Å². The number of hydrogen-bond acceptors (Lipinski definition) is 5. The predicted octanol–water partition coefficient (Wildman–Crippen LogP) is 2.64. The standard InChI is InChI=1S/C20H23N5O2/c1-14-20(15(2)27-23-14)18-5-3-4-17(22-18)10-16-6-8-25(11-16)19(26)12-24-9-7-21-13-24/h3-5,7,9,13,16H,6,8,10-12H2,1-2H3/t16-/m1/s1. The van der Waals surface area contributed by atoms with Crippen LogP contribution in [0, 0.1) is 19.8 Å². The van der Waals surface area contributed by atoms with E-state index in [2.05, 4.69) is 16.2 Å². The summed E-state index contributed by atoms with van der Waals surface area (Å²) >= 11 is 0. The van der Waals surface area contributed by atoms with Crippen molar-refractivity contribution in [2.45, 2.75) is 33.2 Å². The van der Waals surface area contributed by atoms with Crippen LogP contribution in [0.4, 0.5) is 0 Å². The van der Waals surface area contributed by atoms with E-state index in [1.807, 2.05) is 41.6 Å². The third kappa shape index (κ3) is 3.77. The van der Waals surface area contributed by atoms with Gasteiger partial charge in [0.1, 0.15) is 12.3 Å². The van der Waals surface area contributed by atoms with Crippen molar-refractivity contribution in [2.75, 3.05) is 13.1 Å². The van der Waals surface area contributed by atoms with Crippen LogP contribution in [0.25, 0.3) is 11.3 Å². The van der Waals surface area contributed by atoms with Gasteiger partial charge in [-0.15, -0.1) is 0 Å². The van der Waals surface area contributed by atoms with E-state index in [0.29, 0.717) is 12.5 Å². The highest BCUT2D eigenvalue weighted by Crippen LogP contribution is 2.26. The molecule has 0 spiro atoms. The normalized spacial score (nSPS) is 16.8. The summed E-state index contributed by atoms with van der Waals surface area (Å²) in [5, 5.41) is 4.02. The minimum atomic E-state index is 0.146. The highest BCUT2D eigenvalue weighted by Gasteiger charge is 2.26. The van der Waals surface area contributed by atoms with Crippen LogP contribution in [0.3, 0.4) is 0 Å². The average Bonchev–Trinajstić information content (AvgIpc) is 3.38. The molecule has 0 aromatic carbocycles. The van der Waals surface area contributed by atoms with Gasteiger partial charge in [-0.2, -0.15) is 0 Å². The lowest BCUT2D eigenvalue weighted by Crippen LogP contribution is -2.31. The van der Waals surface area contributed by atoms with Gasteiger partial charge in [0.2, 0.25) is 5.91 Å². The summed E-state index contributed by atoms with van der Waals surface area (Å²) in [7, 11) is 0. The van der Waals surface area contributed by atoms with Crippen molar-refractivity contribution in [3.8, 4) is 11.3 Å². The molecule has 0 bridgehead atoms. The molecule has 1 amide bonds. The van der Waals surface area contributed by atoms with E-state index < -0.39 is 0 Å². The molecule has 27 heavy (non-hydrogen) atoms. The van der Waals surface area contributed by atoms with Crippen molar-refractivity contribution in [1.29, 1.82) is 0 Å². The van der Waals surface area contributed by atoms with Gasteiger partial charge >= 0.3 is 0 Å². The minimum absolute atomic E-state index is 0.146. The topological polar surface area (TPSA) is 77.0 Å². The van der Waals surface area contributed by atoms with Gasteiger partial charge in [0, 0.05) is 31.2 Å². The van der Waals surface area contributed by atoms with Crippen molar-refractivity contribution in [3.63, 3.8) is 0 Å². The first-order valence-electron chi connectivity index (χ1n) is 9.23. The van der Waals surface area contributed by atoms with Crippen molar-refractivity contribution in [1.82, 2.24) is 24.6 Å². The molecular weight excluding hydrogens is 342 g/mol. The summed E-state index contributed by atoms with van der Waals surface area (Å²) in [6, 6.07) is 6.07. The van der Waals surface area contributed by atoms with Crippen LogP contribution < -0.4 is 0 Å². The number of pyridine rings is 1. The molecular formula is C20H23N5O2. The molecule has 0 radical (unpaired) electrons. The SMILES string of the molecule is Cc1noc(C)c1-c1cccc(C[C@H]2CCN(C(=O)Cn3ccnc3)C2)n1. The number of nitrogens with zero attached hydrogens (tertiary/aromatic N) is 5. The Hall–Kier alpha value is -2.96. The van der Waals surface area contributed by atoms with E-state index in [9.17, 15) is 4.79 Å². The number of hydrogen-bond donors (Lipinski definition) is 0. The van der Waals surface area contributed by atoms with E-state index in [1.165, 1.54) is 0 Å². The maximum Gasteiger partial charge on any atom is 0.242 e. The molecule has 1 aliphatic rings. The van der Waals surface area contributed by atoms with Crippen LogP contribution in [0.15, 0.2) is 41.4 Å². The number of rotatable bonds is 5. The van der Waals surface area contributed by atoms with Crippen molar-refractivity contribution < 1.29 is 9.32 Å². The molecule has 1 aliphatic heterocycles. The number of likely N-dealkylation sites (tertiary alicyclic amines) is 1. The van der Waals surface area contributed by atoms with Crippen LogP contribution in [0.2, 0.25) is 0 Å². The first kappa shape index (κ1) is 17.5. The van der Waals surface area contributed by atoms with Crippen LogP contribution in [0.5, 0.6) is 0 Å². The predicted molar refractivity (Wildman–Crippen MR) is 99.8 cm³/mol. The van der Waals surface area contributed by atoms with Crippen molar-refractivity contribution in [2.24, 2.45) is 5.92 Å². The molecule has 4 rings (SSSR count). The Morgan fingerprint density at radius 1 is 1.33 bits per heavy atom. The zero-order chi connectivity index (χ0) is 18.8. The van der Waals surface area contributed by atoms with Gasteiger partial charge < -0.3 is 14.0 Å². The van der Waals surface area contributed by atoms with Crippen molar-refractivity contribution in [3.05, 3.63) is 54.1 Å². The Morgan fingerprint density at radius 3 is 2.96 bits per heavy atom. The van der Waals surface area contributed by atoms with E-state index in [4.69, 9.17) is 9.51 Å². The lowest BCUT2D eigenvalue weighted by molar-refractivity contribution is -0.130. The summed E-state index contributed by atoms with van der Waals surface area (Å²) < 4.78 is 7.08. The molecule has 140 valence electrons. The number of aryl methyl sites for hydroxylation is 2. The van der Waals surface area contributed by atoms with E-state index >= 15 is 0 Å². The molecule has 0 unspecified atom stereocenters. The third-order valence-corrected chi connectivity index (χ3v) is 5.11. The van der Waals surface area contributed by atoms with E-state index in [1.54, 1.807) is 12.5 Å². The largest absolute Gasteiger partial charge is 0.361 e. The molecule has 3 aromatic heterocycles. The monoisotopic (exact) mass is 365 g/mol. The van der Waals surface area contributed by atoms with Crippen LogP contribution in [-0.2, 0) is 17.8 Å². The van der Waals surface area contributed by atoms with Crippen LogP contribution in [-0.4, -0.2) is 43.6 Å². The van der Waals surface area contributed by atoms with Gasteiger partial charge in [-0.3, -0.25) is 9.78 Å². The number of carbonyl (C=O) groups is 1. The quantitative estimate of drug-likeness (QED) is 0.695. The third-order valence-electron chi connectivity index (χ3n) is 5.11. The smallest absolute Gasteiger partial charge is 0.242 e. The lowest BCUT2D eigenvalue weighted by Gasteiger charge is -2.17. The fraction of sp³-hybridized carbons (Fsp3) is 0.400. The Kier molecular flexibility index (Phi) is 4.75. The first-order chi connectivity index (χ1) is 13.1. The molecule has 0 N–H and O–H groups in total. The first-order valence-corrected chi connectivity index (χ1v) is 9.23. The number of imidazole rings is 1. The molecule has 1 atom stereocenters. The molecule has 1 fully saturated rings. The zero-order valence-corrected chi connectivity index (χ0v) is 15.6.